The van der Waals surface area contributed by atoms with Gasteiger partial charge in [0.15, 0.2) is 11.6 Å². The smallest absolute Gasteiger partial charge is 0.315 e. The maximum absolute atomic E-state index is 13.7. The molecule has 0 heterocycles. The van der Waals surface area contributed by atoms with Gasteiger partial charge < -0.3 is 15.4 Å². The lowest BCUT2D eigenvalue weighted by Crippen LogP contribution is -2.43. The molecule has 0 saturated heterocycles. The molecule has 1 aliphatic rings. The van der Waals surface area contributed by atoms with Crippen LogP contribution in [-0.4, -0.2) is 19.2 Å². The Bertz CT molecular complexity index is 487. The normalized spacial score (nSPS) is 17.1. The first-order valence-corrected chi connectivity index (χ1v) is 7.50. The number of halogens is 1. The van der Waals surface area contributed by atoms with E-state index in [1.807, 2.05) is 6.92 Å². The zero-order valence-electron chi connectivity index (χ0n) is 12.6. The third-order valence-corrected chi connectivity index (χ3v) is 3.96. The van der Waals surface area contributed by atoms with Gasteiger partial charge in [0.05, 0.1) is 13.2 Å². The van der Waals surface area contributed by atoms with Gasteiger partial charge in [-0.2, -0.15) is 0 Å². The molecule has 1 aliphatic carbocycles. The largest absolute Gasteiger partial charge is 0.494 e. The molecule has 21 heavy (non-hydrogen) atoms. The van der Waals surface area contributed by atoms with E-state index in [1.165, 1.54) is 32.4 Å². The number of carbonyl (C=O) groups is 1. The molecule has 1 fully saturated rings. The van der Waals surface area contributed by atoms with Crippen LogP contribution in [0.5, 0.6) is 5.75 Å². The highest BCUT2D eigenvalue weighted by Crippen LogP contribution is 2.22. The van der Waals surface area contributed by atoms with Gasteiger partial charge in [-0.05, 0) is 37.5 Å². The van der Waals surface area contributed by atoms with E-state index in [1.54, 1.807) is 12.1 Å². The van der Waals surface area contributed by atoms with E-state index in [0.717, 1.165) is 12.8 Å². The molecule has 1 atom stereocenters. The average Bonchev–Trinajstić information content (AvgIpc) is 2.48. The fourth-order valence-corrected chi connectivity index (χ4v) is 2.71. The molecule has 4 nitrogen and oxygen atoms in total. The lowest BCUT2D eigenvalue weighted by Gasteiger charge is -2.24. The first-order chi connectivity index (χ1) is 10.1. The number of hydrogen-bond donors (Lipinski definition) is 2. The molecule has 2 amide bonds. The van der Waals surface area contributed by atoms with Crippen molar-refractivity contribution in [2.45, 2.75) is 51.1 Å². The van der Waals surface area contributed by atoms with Gasteiger partial charge in [-0.1, -0.05) is 25.3 Å². The van der Waals surface area contributed by atoms with Crippen LogP contribution in [0.4, 0.5) is 9.18 Å². The average molecular weight is 294 g/mol. The van der Waals surface area contributed by atoms with E-state index >= 15 is 0 Å². The quantitative estimate of drug-likeness (QED) is 0.892. The zero-order chi connectivity index (χ0) is 15.2. The number of urea groups is 1. The van der Waals surface area contributed by atoms with Crippen molar-refractivity contribution in [2.24, 2.45) is 0 Å². The monoisotopic (exact) mass is 294 g/mol. The second-order valence-corrected chi connectivity index (χ2v) is 5.57. The Morgan fingerprint density at radius 2 is 2.05 bits per heavy atom. The molecule has 0 spiro atoms. The third kappa shape index (κ3) is 4.34. The molecule has 0 radical (unpaired) electrons. The Hall–Kier alpha value is -1.78. The van der Waals surface area contributed by atoms with Gasteiger partial charge >= 0.3 is 6.03 Å². The van der Waals surface area contributed by atoms with Crippen molar-refractivity contribution in [1.82, 2.24) is 10.6 Å². The molecular weight excluding hydrogens is 271 g/mol. The van der Waals surface area contributed by atoms with Crippen molar-refractivity contribution in [2.75, 3.05) is 7.11 Å². The Morgan fingerprint density at radius 1 is 1.33 bits per heavy atom. The van der Waals surface area contributed by atoms with Crippen LogP contribution in [0.1, 0.15) is 50.6 Å². The standard InChI is InChI=1S/C16H23FN2O2/c1-11(12-8-9-15(21-2)14(17)10-12)18-16(20)19-13-6-4-3-5-7-13/h8-11,13H,3-7H2,1-2H3,(H2,18,19,20). The second kappa shape index (κ2) is 7.29. The fourth-order valence-electron chi connectivity index (χ4n) is 2.71. The third-order valence-electron chi connectivity index (χ3n) is 3.96. The number of amides is 2. The summed E-state index contributed by atoms with van der Waals surface area (Å²) in [5.41, 5.74) is 0.715. The lowest BCUT2D eigenvalue weighted by molar-refractivity contribution is 0.229. The Morgan fingerprint density at radius 3 is 2.67 bits per heavy atom. The maximum atomic E-state index is 13.7. The summed E-state index contributed by atoms with van der Waals surface area (Å²) in [5.74, 6) is -0.214. The molecule has 0 bridgehead atoms. The van der Waals surface area contributed by atoms with E-state index < -0.39 is 5.82 Å². The first kappa shape index (κ1) is 15.6. The minimum atomic E-state index is -0.420. The Labute approximate surface area is 125 Å². The van der Waals surface area contributed by atoms with Gasteiger partial charge in [0.2, 0.25) is 0 Å². The molecule has 2 rings (SSSR count). The summed E-state index contributed by atoms with van der Waals surface area (Å²) in [6.45, 7) is 1.84. The van der Waals surface area contributed by atoms with E-state index in [9.17, 15) is 9.18 Å². The Kier molecular flexibility index (Phi) is 5.42. The molecule has 1 aromatic rings. The lowest BCUT2D eigenvalue weighted by atomic mass is 9.96. The van der Waals surface area contributed by atoms with Crippen LogP contribution >= 0.6 is 0 Å². The summed E-state index contributed by atoms with van der Waals surface area (Å²) in [6, 6.07) is 4.54. The van der Waals surface area contributed by atoms with E-state index in [0.29, 0.717) is 5.56 Å². The van der Waals surface area contributed by atoms with Crippen LogP contribution in [0, 0.1) is 5.82 Å². The van der Waals surface area contributed by atoms with Gasteiger partial charge in [0, 0.05) is 6.04 Å². The van der Waals surface area contributed by atoms with Crippen LogP contribution in [0.3, 0.4) is 0 Å². The van der Waals surface area contributed by atoms with Gasteiger partial charge in [-0.15, -0.1) is 0 Å². The maximum Gasteiger partial charge on any atom is 0.315 e. The molecule has 0 aromatic heterocycles. The number of nitrogens with one attached hydrogen (secondary N) is 2. The number of hydrogen-bond acceptors (Lipinski definition) is 2. The SMILES string of the molecule is COc1ccc(C(C)NC(=O)NC2CCCCC2)cc1F. The number of methoxy groups -OCH3 is 1. The molecule has 1 aromatic carbocycles. The van der Waals surface area contributed by atoms with Crippen LogP contribution < -0.4 is 15.4 Å². The molecule has 2 N–H and O–H groups in total. The summed E-state index contributed by atoms with van der Waals surface area (Å²) < 4.78 is 18.6. The molecule has 1 saturated carbocycles. The number of carbonyl (C=O) groups excluding carboxylic acids is 1. The van der Waals surface area contributed by atoms with Crippen molar-refractivity contribution >= 4 is 6.03 Å². The van der Waals surface area contributed by atoms with Crippen LogP contribution in [0.15, 0.2) is 18.2 Å². The van der Waals surface area contributed by atoms with Crippen molar-refractivity contribution in [3.8, 4) is 5.75 Å². The fraction of sp³-hybridized carbons (Fsp3) is 0.562. The molecule has 5 heteroatoms. The highest BCUT2D eigenvalue weighted by atomic mass is 19.1. The van der Waals surface area contributed by atoms with Gasteiger partial charge in [-0.3, -0.25) is 0 Å². The molecule has 0 aliphatic heterocycles. The highest BCUT2D eigenvalue weighted by molar-refractivity contribution is 5.74. The van der Waals surface area contributed by atoms with Crippen LogP contribution in [-0.2, 0) is 0 Å². The summed E-state index contributed by atoms with van der Waals surface area (Å²) in [7, 11) is 1.43. The van der Waals surface area contributed by atoms with Gasteiger partial charge in [0.1, 0.15) is 0 Å². The summed E-state index contributed by atoms with van der Waals surface area (Å²) in [4.78, 5) is 12.0. The molecule has 1 unspecified atom stereocenters. The predicted octanol–water partition coefficient (Wildman–Crippen LogP) is 3.53. The number of benzene rings is 1. The van der Waals surface area contributed by atoms with E-state index in [-0.39, 0.29) is 23.9 Å². The minimum absolute atomic E-state index is 0.189. The van der Waals surface area contributed by atoms with E-state index in [2.05, 4.69) is 10.6 Å². The summed E-state index contributed by atoms with van der Waals surface area (Å²) in [6.07, 6.45) is 5.67. The Balaban J connectivity index is 1.89. The number of rotatable bonds is 4. The summed E-state index contributed by atoms with van der Waals surface area (Å²) >= 11 is 0. The summed E-state index contributed by atoms with van der Waals surface area (Å²) in [5, 5.41) is 5.84. The minimum Gasteiger partial charge on any atom is -0.494 e. The molecule has 116 valence electrons. The number of ether oxygens (including phenoxy) is 1. The van der Waals surface area contributed by atoms with Crippen LogP contribution in [0.25, 0.3) is 0 Å². The van der Waals surface area contributed by atoms with Gasteiger partial charge in [-0.25, -0.2) is 9.18 Å². The van der Waals surface area contributed by atoms with Crippen molar-refractivity contribution < 1.29 is 13.9 Å². The molecular formula is C16H23FN2O2. The first-order valence-electron chi connectivity index (χ1n) is 7.50. The van der Waals surface area contributed by atoms with Crippen LogP contribution in [0.2, 0.25) is 0 Å². The second-order valence-electron chi connectivity index (χ2n) is 5.57. The van der Waals surface area contributed by atoms with Crippen molar-refractivity contribution in [3.63, 3.8) is 0 Å². The van der Waals surface area contributed by atoms with Crippen molar-refractivity contribution in [1.29, 1.82) is 0 Å². The van der Waals surface area contributed by atoms with Crippen molar-refractivity contribution in [3.05, 3.63) is 29.6 Å². The highest BCUT2D eigenvalue weighted by Gasteiger charge is 2.17. The topological polar surface area (TPSA) is 50.4 Å². The van der Waals surface area contributed by atoms with Gasteiger partial charge in [0.25, 0.3) is 0 Å². The van der Waals surface area contributed by atoms with E-state index in [4.69, 9.17) is 4.74 Å². The predicted molar refractivity (Wildman–Crippen MR) is 79.9 cm³/mol. The zero-order valence-corrected chi connectivity index (χ0v) is 12.6.